The van der Waals surface area contributed by atoms with E-state index in [9.17, 15) is 9.59 Å². The fourth-order valence-electron chi connectivity index (χ4n) is 5.67. The number of ether oxygens (including phenoxy) is 1. The molecule has 10 heteroatoms. The summed E-state index contributed by atoms with van der Waals surface area (Å²) < 4.78 is 11.6. The van der Waals surface area contributed by atoms with E-state index >= 15 is 0 Å². The van der Waals surface area contributed by atoms with Gasteiger partial charge in [0, 0.05) is 12.6 Å². The zero-order valence-corrected chi connectivity index (χ0v) is 24.5. The van der Waals surface area contributed by atoms with Crippen LogP contribution in [-0.4, -0.2) is 58.6 Å². The van der Waals surface area contributed by atoms with Gasteiger partial charge < -0.3 is 24.8 Å². The predicted octanol–water partition coefficient (Wildman–Crippen LogP) is 4.85. The number of amides is 2. The summed E-state index contributed by atoms with van der Waals surface area (Å²) in [5.74, 6) is 0.105. The second-order valence-corrected chi connectivity index (χ2v) is 12.0. The van der Waals surface area contributed by atoms with Gasteiger partial charge in [-0.1, -0.05) is 38.1 Å². The van der Waals surface area contributed by atoms with Crippen molar-refractivity contribution in [2.45, 2.75) is 77.5 Å². The molecule has 0 bridgehead atoms. The molecule has 4 heterocycles. The molecule has 2 aliphatic rings. The Labute approximate surface area is 239 Å². The fraction of sp³-hybridized carbons (Fsp3) is 0.533. The van der Waals surface area contributed by atoms with Crippen molar-refractivity contribution in [3.8, 4) is 16.3 Å². The third kappa shape index (κ3) is 6.23. The molecule has 5 rings (SSSR count). The molecule has 2 aromatic heterocycles. The Balaban J connectivity index is 1.23. The van der Waals surface area contributed by atoms with Crippen LogP contribution in [0.25, 0.3) is 10.4 Å². The van der Waals surface area contributed by atoms with E-state index in [1.807, 2.05) is 45.3 Å². The first-order chi connectivity index (χ1) is 19.3. The molecule has 40 heavy (non-hydrogen) atoms. The fourth-order valence-corrected chi connectivity index (χ4v) is 6.48. The average Bonchev–Trinajstić information content (AvgIpc) is 3.71. The molecule has 2 amide bonds. The van der Waals surface area contributed by atoms with Crippen molar-refractivity contribution >= 4 is 23.2 Å². The molecule has 0 aliphatic carbocycles. The second kappa shape index (κ2) is 12.5. The molecule has 2 aliphatic heterocycles. The smallest absolute Gasteiger partial charge is 0.254 e. The highest BCUT2D eigenvalue weighted by Gasteiger charge is 2.40. The van der Waals surface area contributed by atoms with E-state index in [2.05, 4.69) is 32.9 Å². The number of piperidine rings is 1. The first-order valence-corrected chi connectivity index (χ1v) is 15.1. The summed E-state index contributed by atoms with van der Waals surface area (Å²) in [6, 6.07) is 9.26. The summed E-state index contributed by atoms with van der Waals surface area (Å²) in [6.45, 7) is 10.3. The van der Waals surface area contributed by atoms with E-state index < -0.39 is 12.0 Å². The number of benzene rings is 1. The van der Waals surface area contributed by atoms with E-state index in [-0.39, 0.29) is 29.9 Å². The van der Waals surface area contributed by atoms with Gasteiger partial charge in [0.2, 0.25) is 11.8 Å². The minimum atomic E-state index is -0.536. The lowest BCUT2D eigenvalue weighted by Gasteiger charge is -2.29. The molecule has 0 saturated carbocycles. The number of aryl methyl sites for hydroxylation is 1. The number of carbonyl (C=O) groups excluding carboxylic acids is 2. The summed E-state index contributed by atoms with van der Waals surface area (Å²) in [6.07, 6.45) is 3.33. The van der Waals surface area contributed by atoms with Crippen molar-refractivity contribution in [1.82, 2.24) is 25.7 Å². The van der Waals surface area contributed by atoms with Crippen LogP contribution in [0.4, 0.5) is 0 Å². The molecule has 9 nitrogen and oxygen atoms in total. The highest BCUT2D eigenvalue weighted by molar-refractivity contribution is 7.13. The number of hydrogen-bond acceptors (Lipinski definition) is 8. The van der Waals surface area contributed by atoms with Gasteiger partial charge in [0.15, 0.2) is 5.76 Å². The molecule has 2 saturated heterocycles. The largest absolute Gasteiger partial charge is 0.472 e. The van der Waals surface area contributed by atoms with Crippen molar-refractivity contribution in [2.24, 2.45) is 5.92 Å². The molecule has 0 radical (unpaired) electrons. The Morgan fingerprint density at radius 1 is 1.15 bits per heavy atom. The van der Waals surface area contributed by atoms with E-state index in [0.717, 1.165) is 54.0 Å². The Morgan fingerprint density at radius 2 is 1.90 bits per heavy atom. The number of carbonyl (C=O) groups is 2. The highest BCUT2D eigenvalue weighted by Crippen LogP contribution is 2.33. The maximum absolute atomic E-state index is 13.8. The van der Waals surface area contributed by atoms with Crippen molar-refractivity contribution in [2.75, 3.05) is 19.6 Å². The lowest BCUT2D eigenvalue weighted by atomic mass is 9.91. The van der Waals surface area contributed by atoms with Gasteiger partial charge in [-0.25, -0.2) is 4.98 Å². The van der Waals surface area contributed by atoms with Crippen molar-refractivity contribution in [3.05, 3.63) is 52.9 Å². The third-order valence-electron chi connectivity index (χ3n) is 7.94. The second-order valence-electron chi connectivity index (χ2n) is 11.2. The minimum absolute atomic E-state index is 0.0314. The molecule has 3 atom stereocenters. The molecule has 214 valence electrons. The Kier molecular flexibility index (Phi) is 8.85. The summed E-state index contributed by atoms with van der Waals surface area (Å²) in [7, 11) is 0. The maximum Gasteiger partial charge on any atom is 0.254 e. The van der Waals surface area contributed by atoms with Gasteiger partial charge in [-0.05, 0) is 74.8 Å². The number of thiazole rings is 1. The van der Waals surface area contributed by atoms with Gasteiger partial charge in [0.25, 0.3) is 5.88 Å². The molecule has 2 fully saturated rings. The first-order valence-electron chi connectivity index (χ1n) is 14.3. The summed E-state index contributed by atoms with van der Waals surface area (Å²) in [4.78, 5) is 34.5. The van der Waals surface area contributed by atoms with Crippen LogP contribution in [0.3, 0.4) is 0 Å². The quantitative estimate of drug-likeness (QED) is 0.382. The average molecular weight is 566 g/mol. The maximum atomic E-state index is 13.8. The van der Waals surface area contributed by atoms with Gasteiger partial charge in [0.05, 0.1) is 22.1 Å². The first kappa shape index (κ1) is 28.3. The van der Waals surface area contributed by atoms with Crippen LogP contribution < -0.4 is 15.4 Å². The molecular weight excluding hydrogens is 526 g/mol. The standard InChI is InChI=1S/C30H39N5O4S/c1-18(2)27(25-16-26(34-39-25)38-23-11-13-31-14-12-23)30(37)35-15-5-6-24(35)29(36)33-19(3)21-7-9-22(10-8-21)28-20(4)32-17-40-28/h7-10,16-19,23-24,27,31H,5-6,11-15H2,1-4H3,(H,33,36). The zero-order chi connectivity index (χ0) is 28.2. The molecular formula is C30H39N5O4S. The molecule has 3 aromatic rings. The number of rotatable bonds is 9. The lowest BCUT2D eigenvalue weighted by molar-refractivity contribution is -0.141. The summed E-state index contributed by atoms with van der Waals surface area (Å²) in [5, 5.41) is 10.6. The molecule has 0 spiro atoms. The Bertz CT molecular complexity index is 1300. The van der Waals surface area contributed by atoms with Crippen molar-refractivity contribution in [1.29, 1.82) is 0 Å². The van der Waals surface area contributed by atoms with E-state index in [0.29, 0.717) is 24.6 Å². The number of nitrogens with zero attached hydrogens (tertiary/aromatic N) is 3. The minimum Gasteiger partial charge on any atom is -0.472 e. The molecule has 1 aromatic carbocycles. The predicted molar refractivity (Wildman–Crippen MR) is 154 cm³/mol. The van der Waals surface area contributed by atoms with Gasteiger partial charge in [-0.15, -0.1) is 11.3 Å². The number of hydrogen-bond donors (Lipinski definition) is 2. The van der Waals surface area contributed by atoms with Crippen LogP contribution in [-0.2, 0) is 9.59 Å². The Hall–Kier alpha value is -3.24. The van der Waals surface area contributed by atoms with Crippen molar-refractivity contribution < 1.29 is 18.8 Å². The number of aromatic nitrogens is 2. The molecule has 2 N–H and O–H groups in total. The zero-order valence-electron chi connectivity index (χ0n) is 23.7. The highest BCUT2D eigenvalue weighted by atomic mass is 32.1. The van der Waals surface area contributed by atoms with E-state index in [1.165, 1.54) is 0 Å². The van der Waals surface area contributed by atoms with Crippen LogP contribution >= 0.6 is 11.3 Å². The Morgan fingerprint density at radius 3 is 2.58 bits per heavy atom. The van der Waals surface area contributed by atoms with Crippen LogP contribution in [0, 0.1) is 12.8 Å². The molecule has 3 unspecified atom stereocenters. The van der Waals surface area contributed by atoms with Gasteiger partial charge in [-0.3, -0.25) is 9.59 Å². The summed E-state index contributed by atoms with van der Waals surface area (Å²) >= 11 is 1.62. The van der Waals surface area contributed by atoms with Gasteiger partial charge in [0.1, 0.15) is 18.1 Å². The lowest BCUT2D eigenvalue weighted by Crippen LogP contribution is -2.48. The van der Waals surface area contributed by atoms with Crippen LogP contribution in [0.15, 0.2) is 40.4 Å². The van der Waals surface area contributed by atoms with Crippen molar-refractivity contribution in [3.63, 3.8) is 0 Å². The number of nitrogens with one attached hydrogen (secondary N) is 2. The van der Waals surface area contributed by atoms with E-state index in [1.54, 1.807) is 22.3 Å². The number of likely N-dealkylation sites (tertiary alicyclic amines) is 1. The van der Waals surface area contributed by atoms with Crippen LogP contribution in [0.1, 0.15) is 75.4 Å². The van der Waals surface area contributed by atoms with Gasteiger partial charge in [-0.2, -0.15) is 0 Å². The van der Waals surface area contributed by atoms with Gasteiger partial charge >= 0.3 is 0 Å². The normalized spacial score (nSPS) is 19.5. The van der Waals surface area contributed by atoms with Crippen LogP contribution in [0.2, 0.25) is 0 Å². The third-order valence-corrected chi connectivity index (χ3v) is 8.91. The van der Waals surface area contributed by atoms with E-state index in [4.69, 9.17) is 9.26 Å². The summed E-state index contributed by atoms with van der Waals surface area (Å²) in [5.41, 5.74) is 5.00. The topological polar surface area (TPSA) is 110 Å². The monoisotopic (exact) mass is 565 g/mol. The SMILES string of the molecule is Cc1ncsc1-c1ccc(C(C)NC(=O)C2CCCN2C(=O)C(c2cc(OC3CCNCC3)no2)C(C)C)cc1. The van der Waals surface area contributed by atoms with Crippen LogP contribution in [0.5, 0.6) is 5.88 Å².